The molecule has 0 unspecified atom stereocenters. The van der Waals surface area contributed by atoms with Crippen molar-refractivity contribution in [1.29, 1.82) is 0 Å². The van der Waals surface area contributed by atoms with Crippen LogP contribution in [-0.2, 0) is 34.8 Å². The van der Waals surface area contributed by atoms with E-state index in [1.165, 1.54) is 16.7 Å². The molecule has 0 fully saturated rings. The fourth-order valence-corrected chi connectivity index (χ4v) is 4.48. The Hall–Kier alpha value is -3.95. The normalized spacial score (nSPS) is 18.5. The maximum absolute atomic E-state index is 14.2. The molecule has 5 rings (SSSR count). The number of carbonyl (C=O) groups excluding carboxylic acids is 1. The zero-order chi connectivity index (χ0) is 22.8. The van der Waals surface area contributed by atoms with E-state index < -0.39 is 22.9 Å². The van der Waals surface area contributed by atoms with Crippen molar-refractivity contribution in [3.8, 4) is 11.4 Å². The molecule has 1 aromatic carbocycles. The van der Waals surface area contributed by atoms with Crippen LogP contribution in [0.5, 0.6) is 0 Å². The van der Waals surface area contributed by atoms with Gasteiger partial charge in [0.05, 0.1) is 41.2 Å². The summed E-state index contributed by atoms with van der Waals surface area (Å²) in [4.78, 5) is 32.9. The van der Waals surface area contributed by atoms with Crippen LogP contribution in [0.1, 0.15) is 35.6 Å². The maximum atomic E-state index is 14.2. The number of fused-ring (bicyclic) bond motifs is 5. The van der Waals surface area contributed by atoms with E-state index in [0.717, 1.165) is 0 Å². The first-order valence-corrected chi connectivity index (χ1v) is 9.88. The van der Waals surface area contributed by atoms with Gasteiger partial charge in [-0.25, -0.2) is 14.2 Å². The highest BCUT2D eigenvalue weighted by atomic mass is 19.1. The van der Waals surface area contributed by atoms with Gasteiger partial charge in [-0.05, 0) is 29.6 Å². The zero-order valence-electron chi connectivity index (χ0n) is 16.9. The van der Waals surface area contributed by atoms with Gasteiger partial charge in [0.25, 0.3) is 5.56 Å². The smallest absolute Gasteiger partial charge is 0.343 e. The minimum atomic E-state index is -1.95. The first kappa shape index (κ1) is 20.0. The topological polar surface area (TPSA) is 156 Å². The van der Waals surface area contributed by atoms with Crippen molar-refractivity contribution in [2.75, 3.05) is 5.73 Å². The third-order valence-corrected chi connectivity index (χ3v) is 6.22. The molecule has 10 nitrogen and oxygen atoms in total. The van der Waals surface area contributed by atoms with Gasteiger partial charge in [0.15, 0.2) is 5.60 Å². The van der Waals surface area contributed by atoms with E-state index in [2.05, 4.69) is 15.0 Å². The van der Waals surface area contributed by atoms with Crippen molar-refractivity contribution >= 4 is 22.6 Å². The summed E-state index contributed by atoms with van der Waals surface area (Å²) in [5.74, 6) is -1.47. The summed E-state index contributed by atoms with van der Waals surface area (Å²) in [6.45, 7) is 1.46. The second-order valence-corrected chi connectivity index (χ2v) is 7.80. The molecule has 2 aliphatic heterocycles. The molecule has 1 atom stereocenters. The van der Waals surface area contributed by atoms with Gasteiger partial charge in [-0.2, -0.15) is 0 Å². The number of halogens is 1. The molecule has 0 spiro atoms. The molecule has 32 heavy (non-hydrogen) atoms. The number of pyridine rings is 2. The molecule has 0 amide bonds. The standard InChI is InChI=1S/C21H17FN6O4/c1-2-21(31)13-4-17-18-11(7-28(17)19(29)12(13)8-32-20(21)30)10(6-25-27-24)9-3-15(23)14(22)5-16(9)26-18/h3-5,31H,2,6-8,23H2,1H3/t21-/m0/s1. The van der Waals surface area contributed by atoms with Crippen molar-refractivity contribution in [3.63, 3.8) is 0 Å². The lowest BCUT2D eigenvalue weighted by molar-refractivity contribution is -0.172. The number of ether oxygens (including phenoxy) is 1. The lowest BCUT2D eigenvalue weighted by atomic mass is 9.86. The van der Waals surface area contributed by atoms with Crippen LogP contribution in [0.2, 0.25) is 0 Å². The van der Waals surface area contributed by atoms with Gasteiger partial charge >= 0.3 is 5.97 Å². The lowest BCUT2D eigenvalue weighted by Gasteiger charge is -2.31. The Kier molecular flexibility index (Phi) is 4.23. The Morgan fingerprint density at radius 1 is 1.38 bits per heavy atom. The number of hydrogen-bond donors (Lipinski definition) is 2. The summed E-state index contributed by atoms with van der Waals surface area (Å²) in [6, 6.07) is 4.18. The number of benzene rings is 1. The summed E-state index contributed by atoms with van der Waals surface area (Å²) in [7, 11) is 0. The number of carbonyl (C=O) groups is 1. The van der Waals surface area contributed by atoms with Gasteiger partial charge in [0.2, 0.25) is 0 Å². The molecule has 2 aliphatic rings. The molecule has 0 bridgehead atoms. The van der Waals surface area contributed by atoms with Crippen molar-refractivity contribution in [2.45, 2.75) is 38.6 Å². The molecule has 0 aliphatic carbocycles. The first-order chi connectivity index (χ1) is 15.3. The summed E-state index contributed by atoms with van der Waals surface area (Å²) >= 11 is 0. The molecule has 2 aromatic heterocycles. The molecular formula is C21H17FN6O4. The highest BCUT2D eigenvalue weighted by Crippen LogP contribution is 2.40. The Morgan fingerprint density at radius 3 is 2.88 bits per heavy atom. The number of aromatic nitrogens is 2. The van der Waals surface area contributed by atoms with Gasteiger partial charge < -0.3 is 20.1 Å². The highest BCUT2D eigenvalue weighted by molar-refractivity contribution is 5.91. The van der Waals surface area contributed by atoms with E-state index in [9.17, 15) is 19.1 Å². The molecule has 162 valence electrons. The van der Waals surface area contributed by atoms with Crippen LogP contribution in [0.25, 0.3) is 32.7 Å². The molecule has 3 N–H and O–H groups in total. The van der Waals surface area contributed by atoms with Crippen LogP contribution in [-0.4, -0.2) is 20.6 Å². The number of rotatable bonds is 3. The number of cyclic esters (lactones) is 1. The molecule has 3 aromatic rings. The van der Waals surface area contributed by atoms with Gasteiger partial charge in [-0.3, -0.25) is 4.79 Å². The van der Waals surface area contributed by atoms with Crippen LogP contribution >= 0.6 is 0 Å². The fourth-order valence-electron chi connectivity index (χ4n) is 4.48. The molecule has 11 heteroatoms. The van der Waals surface area contributed by atoms with E-state index in [4.69, 9.17) is 16.0 Å². The van der Waals surface area contributed by atoms with E-state index in [0.29, 0.717) is 27.9 Å². The monoisotopic (exact) mass is 436 g/mol. The van der Waals surface area contributed by atoms with Gasteiger partial charge in [0.1, 0.15) is 12.4 Å². The zero-order valence-corrected chi connectivity index (χ0v) is 16.9. The van der Waals surface area contributed by atoms with Gasteiger partial charge in [-0.1, -0.05) is 12.0 Å². The predicted molar refractivity (Wildman–Crippen MR) is 112 cm³/mol. The SMILES string of the molecule is CC[C@@]1(O)C(=O)OCc2c1cc1n(c2=O)Cc2c-1nc1cc(F)c(N)cc1c2CN=[N+]=[N-]. The van der Waals surface area contributed by atoms with Crippen LogP contribution in [0.15, 0.2) is 28.1 Å². The first-order valence-electron chi connectivity index (χ1n) is 9.88. The van der Waals surface area contributed by atoms with Crippen molar-refractivity contribution in [3.05, 3.63) is 67.1 Å². The van der Waals surface area contributed by atoms with E-state index >= 15 is 0 Å². The largest absolute Gasteiger partial charge is 0.458 e. The number of nitrogen functional groups attached to an aromatic ring is 1. The van der Waals surface area contributed by atoms with Crippen LogP contribution in [0.3, 0.4) is 0 Å². The van der Waals surface area contributed by atoms with Crippen molar-refractivity contribution in [1.82, 2.24) is 9.55 Å². The summed E-state index contributed by atoms with van der Waals surface area (Å²) in [6.07, 6.45) is 0.0202. The number of nitrogens with zero attached hydrogens (tertiary/aromatic N) is 5. The number of hydrogen-bond acceptors (Lipinski definition) is 7. The Balaban J connectivity index is 1.84. The van der Waals surface area contributed by atoms with Crippen LogP contribution in [0, 0.1) is 5.82 Å². The molecule has 0 saturated heterocycles. The van der Waals surface area contributed by atoms with E-state index in [1.54, 1.807) is 13.0 Å². The number of azide groups is 1. The summed E-state index contributed by atoms with van der Waals surface area (Å²) in [5.41, 5.74) is 14.8. The third-order valence-electron chi connectivity index (χ3n) is 6.22. The van der Waals surface area contributed by atoms with E-state index in [-0.39, 0.29) is 48.4 Å². The Bertz CT molecular complexity index is 1460. The van der Waals surface area contributed by atoms with Crippen molar-refractivity contribution < 1.29 is 19.0 Å². The van der Waals surface area contributed by atoms with Gasteiger partial charge in [0, 0.05) is 27.5 Å². The predicted octanol–water partition coefficient (Wildman–Crippen LogP) is 2.61. The average molecular weight is 436 g/mol. The lowest BCUT2D eigenvalue weighted by Crippen LogP contribution is -2.44. The maximum Gasteiger partial charge on any atom is 0.343 e. The second kappa shape index (κ2) is 6.78. The van der Waals surface area contributed by atoms with Crippen LogP contribution < -0.4 is 11.3 Å². The second-order valence-electron chi connectivity index (χ2n) is 7.80. The van der Waals surface area contributed by atoms with Crippen LogP contribution in [0.4, 0.5) is 10.1 Å². The molecule has 0 saturated carbocycles. The van der Waals surface area contributed by atoms with Gasteiger partial charge in [-0.15, -0.1) is 0 Å². The minimum absolute atomic E-state index is 0.0202. The summed E-state index contributed by atoms with van der Waals surface area (Å²) < 4.78 is 20.7. The Morgan fingerprint density at radius 2 is 2.16 bits per heavy atom. The van der Waals surface area contributed by atoms with Crippen molar-refractivity contribution in [2.24, 2.45) is 5.11 Å². The van der Waals surface area contributed by atoms with E-state index in [1.807, 2.05) is 0 Å². The third kappa shape index (κ3) is 2.55. The Labute approximate surface area is 179 Å². The fraction of sp³-hybridized carbons (Fsp3) is 0.286. The minimum Gasteiger partial charge on any atom is -0.458 e. The number of nitrogens with two attached hydrogens (primary N) is 1. The molecule has 4 heterocycles. The molecule has 0 radical (unpaired) electrons. The highest BCUT2D eigenvalue weighted by Gasteiger charge is 2.45. The summed E-state index contributed by atoms with van der Waals surface area (Å²) in [5, 5.41) is 15.1. The quantitative estimate of drug-likeness (QED) is 0.165. The average Bonchev–Trinajstić information content (AvgIpc) is 3.14. The number of aliphatic hydroxyl groups is 1. The molecular weight excluding hydrogens is 419 g/mol. The number of anilines is 1. The number of esters is 1.